The van der Waals surface area contributed by atoms with Crippen LogP contribution in [0.4, 0.5) is 0 Å². The van der Waals surface area contributed by atoms with Gasteiger partial charge in [0, 0.05) is 11.1 Å². The van der Waals surface area contributed by atoms with Crippen LogP contribution in [0.25, 0.3) is 0 Å². The molecule has 1 aromatic rings. The van der Waals surface area contributed by atoms with Crippen LogP contribution in [-0.4, -0.2) is 28.4 Å². The predicted molar refractivity (Wildman–Crippen MR) is 76.5 cm³/mol. The Bertz CT molecular complexity index is 496. The van der Waals surface area contributed by atoms with Crippen LogP contribution in [-0.2, 0) is 4.79 Å². The molecule has 0 aliphatic heterocycles. The fourth-order valence-corrected chi connectivity index (χ4v) is 2.68. The third kappa shape index (κ3) is 3.78. The molecule has 0 aromatic heterocycles. The molecule has 110 valence electrons. The molecule has 0 radical (unpaired) electrons. The van der Waals surface area contributed by atoms with Crippen LogP contribution in [0.3, 0.4) is 0 Å². The zero-order valence-corrected chi connectivity index (χ0v) is 12.3. The van der Waals surface area contributed by atoms with Crippen LogP contribution in [0.2, 0.25) is 10.0 Å². The van der Waals surface area contributed by atoms with Crippen molar-refractivity contribution in [3.05, 3.63) is 28.2 Å². The number of ether oxygens (including phenoxy) is 1. The monoisotopic (exact) mass is 318 g/mol. The van der Waals surface area contributed by atoms with Crippen LogP contribution in [0.1, 0.15) is 25.7 Å². The van der Waals surface area contributed by atoms with Crippen LogP contribution in [0.5, 0.6) is 5.75 Å². The lowest BCUT2D eigenvalue weighted by Gasteiger charge is -2.34. The van der Waals surface area contributed by atoms with Gasteiger partial charge in [0.1, 0.15) is 12.4 Å². The number of carboxylic acid groups (broad SMARTS) is 1. The highest BCUT2D eigenvalue weighted by Crippen LogP contribution is 2.34. The summed E-state index contributed by atoms with van der Waals surface area (Å²) < 4.78 is 5.54. The van der Waals surface area contributed by atoms with Crippen molar-refractivity contribution < 1.29 is 19.7 Å². The number of carbonyl (C=O) groups is 1. The summed E-state index contributed by atoms with van der Waals surface area (Å²) in [5, 5.41) is 20.3. The number of carboxylic acids is 1. The second-order valence-corrected chi connectivity index (χ2v) is 6.04. The summed E-state index contributed by atoms with van der Waals surface area (Å²) in [6, 6.07) is 4.88. The standard InChI is InChI=1S/C14H16Cl2O4/c15-10-1-2-11(16)12(7-10)20-8-14(19)5-3-9(4-6-14)13(17)18/h1-2,7,9,19H,3-6,8H2,(H,17,18). The molecule has 1 aliphatic rings. The van der Waals surface area contributed by atoms with Crippen molar-refractivity contribution in [1.29, 1.82) is 0 Å². The lowest BCUT2D eigenvalue weighted by atomic mass is 9.79. The Morgan fingerprint density at radius 3 is 2.60 bits per heavy atom. The van der Waals surface area contributed by atoms with Gasteiger partial charge < -0.3 is 14.9 Å². The van der Waals surface area contributed by atoms with Crippen LogP contribution in [0.15, 0.2) is 18.2 Å². The predicted octanol–water partition coefficient (Wildman–Crippen LogP) is 3.38. The summed E-state index contributed by atoms with van der Waals surface area (Å²) in [5.41, 5.74) is -1.00. The molecular formula is C14H16Cl2O4. The highest BCUT2D eigenvalue weighted by Gasteiger charge is 2.36. The van der Waals surface area contributed by atoms with Gasteiger partial charge in [-0.3, -0.25) is 4.79 Å². The third-order valence-corrected chi connectivity index (χ3v) is 4.20. The highest BCUT2D eigenvalue weighted by atomic mass is 35.5. The summed E-state index contributed by atoms with van der Waals surface area (Å²) in [4.78, 5) is 10.9. The Balaban J connectivity index is 1.94. The maximum absolute atomic E-state index is 10.9. The third-order valence-electron chi connectivity index (χ3n) is 3.66. The molecular weight excluding hydrogens is 303 g/mol. The first kappa shape index (κ1) is 15.4. The lowest BCUT2D eigenvalue weighted by Crippen LogP contribution is -2.41. The number of rotatable bonds is 4. The van der Waals surface area contributed by atoms with Gasteiger partial charge in [-0.2, -0.15) is 0 Å². The second-order valence-electron chi connectivity index (χ2n) is 5.20. The molecule has 0 atom stereocenters. The molecule has 0 saturated heterocycles. The molecule has 20 heavy (non-hydrogen) atoms. The molecule has 0 heterocycles. The molecule has 0 bridgehead atoms. The first-order chi connectivity index (χ1) is 9.39. The van der Waals surface area contributed by atoms with Crippen molar-refractivity contribution in [2.75, 3.05) is 6.61 Å². The lowest BCUT2D eigenvalue weighted by molar-refractivity contribution is -0.145. The van der Waals surface area contributed by atoms with E-state index in [1.807, 2.05) is 0 Å². The zero-order valence-electron chi connectivity index (χ0n) is 10.8. The largest absolute Gasteiger partial charge is 0.489 e. The van der Waals surface area contributed by atoms with Crippen LogP contribution >= 0.6 is 23.2 Å². The van der Waals surface area contributed by atoms with E-state index < -0.39 is 11.6 Å². The van der Waals surface area contributed by atoms with Gasteiger partial charge in [-0.25, -0.2) is 0 Å². The van der Waals surface area contributed by atoms with E-state index in [-0.39, 0.29) is 12.5 Å². The Labute approximate surface area is 127 Å². The molecule has 0 amide bonds. The minimum atomic E-state index is -1.00. The molecule has 6 heteroatoms. The first-order valence-electron chi connectivity index (χ1n) is 6.43. The molecule has 1 aliphatic carbocycles. The fraction of sp³-hybridized carbons (Fsp3) is 0.500. The first-order valence-corrected chi connectivity index (χ1v) is 7.18. The van der Waals surface area contributed by atoms with Crippen molar-refractivity contribution >= 4 is 29.2 Å². The van der Waals surface area contributed by atoms with Crippen molar-refractivity contribution in [3.8, 4) is 5.75 Å². The number of benzene rings is 1. The van der Waals surface area contributed by atoms with Crippen LogP contribution < -0.4 is 4.74 Å². The molecule has 4 nitrogen and oxygen atoms in total. The van der Waals surface area contributed by atoms with E-state index >= 15 is 0 Å². The van der Waals surface area contributed by atoms with Crippen LogP contribution in [0, 0.1) is 5.92 Å². The van der Waals surface area contributed by atoms with Gasteiger partial charge in [0.15, 0.2) is 0 Å². The van der Waals surface area contributed by atoms with Gasteiger partial charge >= 0.3 is 5.97 Å². The van der Waals surface area contributed by atoms with E-state index in [1.54, 1.807) is 18.2 Å². The quantitative estimate of drug-likeness (QED) is 0.893. The minimum Gasteiger partial charge on any atom is -0.489 e. The summed E-state index contributed by atoms with van der Waals surface area (Å²) in [7, 11) is 0. The number of hydrogen-bond acceptors (Lipinski definition) is 3. The Morgan fingerprint density at radius 1 is 1.35 bits per heavy atom. The summed E-state index contributed by atoms with van der Waals surface area (Å²) in [5.74, 6) is -0.746. The van der Waals surface area contributed by atoms with E-state index in [2.05, 4.69) is 0 Å². The molecule has 0 spiro atoms. The fourth-order valence-electron chi connectivity index (χ4n) is 2.35. The topological polar surface area (TPSA) is 66.8 Å². The van der Waals surface area contributed by atoms with Crippen molar-refractivity contribution in [3.63, 3.8) is 0 Å². The maximum atomic E-state index is 10.9. The zero-order chi connectivity index (χ0) is 14.8. The smallest absolute Gasteiger partial charge is 0.306 e. The van der Waals surface area contributed by atoms with Gasteiger partial charge in [0.25, 0.3) is 0 Å². The minimum absolute atomic E-state index is 0.0827. The average molecular weight is 319 g/mol. The summed E-state index contributed by atoms with van der Waals surface area (Å²) in [6.45, 7) is 0.0827. The van der Waals surface area contributed by atoms with Gasteiger partial charge in [0.05, 0.1) is 16.5 Å². The van der Waals surface area contributed by atoms with Gasteiger partial charge in [0.2, 0.25) is 0 Å². The average Bonchev–Trinajstić information content (AvgIpc) is 2.40. The van der Waals surface area contributed by atoms with E-state index in [0.29, 0.717) is 41.5 Å². The maximum Gasteiger partial charge on any atom is 0.306 e. The van der Waals surface area contributed by atoms with E-state index in [1.165, 1.54) is 0 Å². The van der Waals surface area contributed by atoms with Crippen molar-refractivity contribution in [2.24, 2.45) is 5.92 Å². The number of halogens is 2. The SMILES string of the molecule is O=C(O)C1CCC(O)(COc2cc(Cl)ccc2Cl)CC1. The molecule has 1 aromatic carbocycles. The van der Waals surface area contributed by atoms with Crippen molar-refractivity contribution in [1.82, 2.24) is 0 Å². The Hall–Kier alpha value is -0.970. The Kier molecular flexibility index (Phi) is 4.78. The van der Waals surface area contributed by atoms with Gasteiger partial charge in [-0.05, 0) is 37.8 Å². The molecule has 0 unspecified atom stereocenters. The molecule has 2 N–H and O–H groups in total. The number of aliphatic hydroxyl groups is 1. The summed E-state index contributed by atoms with van der Waals surface area (Å²) >= 11 is 11.8. The second kappa shape index (κ2) is 6.20. The number of hydrogen-bond donors (Lipinski definition) is 2. The van der Waals surface area contributed by atoms with Gasteiger partial charge in [-0.1, -0.05) is 23.2 Å². The normalized spacial score (nSPS) is 26.2. The van der Waals surface area contributed by atoms with E-state index in [0.717, 1.165) is 0 Å². The number of aliphatic carboxylic acids is 1. The Morgan fingerprint density at radius 2 is 2.00 bits per heavy atom. The molecule has 1 saturated carbocycles. The van der Waals surface area contributed by atoms with Gasteiger partial charge in [-0.15, -0.1) is 0 Å². The van der Waals surface area contributed by atoms with Crippen molar-refractivity contribution in [2.45, 2.75) is 31.3 Å². The molecule has 1 fully saturated rings. The van der Waals surface area contributed by atoms with E-state index in [9.17, 15) is 9.90 Å². The van der Waals surface area contributed by atoms with E-state index in [4.69, 9.17) is 33.0 Å². The summed E-state index contributed by atoms with van der Waals surface area (Å²) in [6.07, 6.45) is 1.72. The molecule has 2 rings (SSSR count). The highest BCUT2D eigenvalue weighted by molar-refractivity contribution is 6.34.